The van der Waals surface area contributed by atoms with Crippen LogP contribution in [-0.2, 0) is 3.79 Å². The second kappa shape index (κ2) is 3.31. The Morgan fingerprint density at radius 2 is 2.09 bits per heavy atom. The fourth-order valence-electron chi connectivity index (χ4n) is 0.440. The fourth-order valence-corrected chi connectivity index (χ4v) is 1.41. The van der Waals surface area contributed by atoms with Crippen molar-refractivity contribution in [1.29, 1.82) is 0 Å². The minimum Gasteiger partial charge on any atom is -0.363 e. The van der Waals surface area contributed by atoms with Gasteiger partial charge >= 0.3 is 0 Å². The van der Waals surface area contributed by atoms with Crippen LogP contribution in [-0.4, -0.2) is 16.4 Å². The Bertz CT molecular complexity index is 243. The number of aromatic nitrogens is 2. The van der Waals surface area contributed by atoms with E-state index in [-0.39, 0.29) is 5.82 Å². The number of hydrogen-bond acceptors (Lipinski definition) is 4. The highest BCUT2D eigenvalue weighted by atomic mass is 35.6. The molecule has 0 unspecified atom stereocenters. The van der Waals surface area contributed by atoms with Crippen LogP contribution in [0, 0.1) is 0 Å². The standard InChI is InChI=1S/C4H4Cl3N3S/c1-8-3-9-2(10-11-3)4(5,6)7/h1H3,(H,8,9,10). The van der Waals surface area contributed by atoms with E-state index in [1.807, 2.05) is 0 Å². The molecule has 3 nitrogen and oxygen atoms in total. The van der Waals surface area contributed by atoms with Crippen LogP contribution in [0.3, 0.4) is 0 Å². The average molecular weight is 233 g/mol. The van der Waals surface area contributed by atoms with Gasteiger partial charge in [-0.15, -0.1) is 0 Å². The van der Waals surface area contributed by atoms with Crippen molar-refractivity contribution < 1.29 is 0 Å². The lowest BCUT2D eigenvalue weighted by Gasteiger charge is -2.02. The normalized spacial score (nSPS) is 11.6. The minimum atomic E-state index is -1.52. The topological polar surface area (TPSA) is 37.8 Å². The molecule has 0 aliphatic carbocycles. The van der Waals surface area contributed by atoms with Crippen molar-refractivity contribution in [3.63, 3.8) is 0 Å². The van der Waals surface area contributed by atoms with E-state index in [9.17, 15) is 0 Å². The van der Waals surface area contributed by atoms with E-state index < -0.39 is 3.79 Å². The molecule has 0 aliphatic heterocycles. The number of nitrogens with zero attached hydrogens (tertiary/aromatic N) is 2. The van der Waals surface area contributed by atoms with Gasteiger partial charge in [0.2, 0.25) is 5.13 Å². The molecule has 1 N–H and O–H groups in total. The molecule has 0 aliphatic rings. The summed E-state index contributed by atoms with van der Waals surface area (Å²) >= 11 is 17.7. The van der Waals surface area contributed by atoms with Crippen LogP contribution in [0.1, 0.15) is 5.82 Å². The molecule has 1 aromatic rings. The van der Waals surface area contributed by atoms with E-state index in [1.54, 1.807) is 7.05 Å². The summed E-state index contributed by atoms with van der Waals surface area (Å²) in [6, 6.07) is 0. The molecular weight excluding hydrogens is 228 g/mol. The van der Waals surface area contributed by atoms with Gasteiger partial charge in [0.25, 0.3) is 3.79 Å². The highest BCUT2D eigenvalue weighted by Crippen LogP contribution is 2.37. The molecule has 0 bridgehead atoms. The second-order valence-corrected chi connectivity index (χ2v) is 4.70. The van der Waals surface area contributed by atoms with Gasteiger partial charge in [-0.25, -0.2) is 0 Å². The maximum atomic E-state index is 5.51. The zero-order valence-corrected chi connectivity index (χ0v) is 8.52. The lowest BCUT2D eigenvalue weighted by Crippen LogP contribution is -2.02. The van der Waals surface area contributed by atoms with Crippen molar-refractivity contribution in [2.45, 2.75) is 3.79 Å². The lowest BCUT2D eigenvalue weighted by atomic mass is 10.7. The lowest BCUT2D eigenvalue weighted by molar-refractivity contribution is 1.05. The summed E-state index contributed by atoms with van der Waals surface area (Å²) in [5.74, 6) is 0.205. The summed E-state index contributed by atoms with van der Waals surface area (Å²) in [6.45, 7) is 0. The quantitative estimate of drug-likeness (QED) is 0.756. The Hall–Kier alpha value is 0.230. The van der Waals surface area contributed by atoms with Crippen LogP contribution in [0.15, 0.2) is 0 Å². The summed E-state index contributed by atoms with van der Waals surface area (Å²) < 4.78 is 2.31. The third kappa shape index (κ3) is 2.33. The van der Waals surface area contributed by atoms with Crippen LogP contribution in [0.2, 0.25) is 0 Å². The predicted molar refractivity (Wildman–Crippen MR) is 48.7 cm³/mol. The summed E-state index contributed by atoms with van der Waals surface area (Å²) in [4.78, 5) is 3.90. The molecule has 0 radical (unpaired) electrons. The summed E-state index contributed by atoms with van der Waals surface area (Å²) in [5, 5.41) is 3.42. The predicted octanol–water partition coefficient (Wildman–Crippen LogP) is 2.41. The number of hydrogen-bond donors (Lipinski definition) is 1. The number of nitrogens with one attached hydrogen (secondary N) is 1. The maximum absolute atomic E-state index is 5.51. The van der Waals surface area contributed by atoms with Gasteiger partial charge in [-0.2, -0.15) is 9.36 Å². The van der Waals surface area contributed by atoms with Crippen LogP contribution in [0.5, 0.6) is 0 Å². The van der Waals surface area contributed by atoms with Crippen LogP contribution in [0.4, 0.5) is 5.13 Å². The summed E-state index contributed by atoms with van der Waals surface area (Å²) in [7, 11) is 1.72. The first-order valence-corrected chi connectivity index (χ1v) is 4.53. The molecule has 0 amide bonds. The Morgan fingerprint density at radius 3 is 2.36 bits per heavy atom. The van der Waals surface area contributed by atoms with Gasteiger partial charge in [0.15, 0.2) is 5.82 Å². The fraction of sp³-hybridized carbons (Fsp3) is 0.500. The summed E-state index contributed by atoms with van der Waals surface area (Å²) in [5.41, 5.74) is 0. The molecule has 62 valence electrons. The molecule has 0 atom stereocenters. The minimum absolute atomic E-state index is 0.205. The molecular formula is C4H4Cl3N3S. The van der Waals surface area contributed by atoms with E-state index in [1.165, 1.54) is 0 Å². The Kier molecular flexibility index (Phi) is 2.80. The van der Waals surface area contributed by atoms with Crippen molar-refractivity contribution in [3.05, 3.63) is 5.82 Å². The van der Waals surface area contributed by atoms with E-state index in [0.717, 1.165) is 11.5 Å². The third-order valence-corrected chi connectivity index (χ3v) is 2.13. The molecule has 1 aromatic heterocycles. The zero-order valence-electron chi connectivity index (χ0n) is 5.44. The van der Waals surface area contributed by atoms with Crippen LogP contribution >= 0.6 is 46.3 Å². The number of alkyl halides is 3. The molecule has 0 saturated carbocycles. The van der Waals surface area contributed by atoms with Crippen molar-refractivity contribution in [3.8, 4) is 0 Å². The first-order valence-electron chi connectivity index (χ1n) is 2.62. The Balaban J connectivity index is 2.89. The van der Waals surface area contributed by atoms with Crippen molar-refractivity contribution in [2.75, 3.05) is 12.4 Å². The molecule has 0 spiro atoms. The van der Waals surface area contributed by atoms with E-state index >= 15 is 0 Å². The number of halogens is 3. The van der Waals surface area contributed by atoms with Gasteiger partial charge in [0, 0.05) is 18.6 Å². The van der Waals surface area contributed by atoms with Crippen LogP contribution in [0.25, 0.3) is 0 Å². The third-order valence-electron chi connectivity index (χ3n) is 0.893. The van der Waals surface area contributed by atoms with Gasteiger partial charge in [-0.3, -0.25) is 0 Å². The van der Waals surface area contributed by atoms with Gasteiger partial charge in [-0.1, -0.05) is 34.8 Å². The molecule has 0 fully saturated rings. The van der Waals surface area contributed by atoms with Crippen LogP contribution < -0.4 is 5.32 Å². The van der Waals surface area contributed by atoms with E-state index in [2.05, 4.69) is 14.7 Å². The van der Waals surface area contributed by atoms with Crippen molar-refractivity contribution in [2.24, 2.45) is 0 Å². The maximum Gasteiger partial charge on any atom is 0.251 e. The first-order chi connectivity index (χ1) is 5.04. The van der Waals surface area contributed by atoms with Crippen molar-refractivity contribution >= 4 is 51.5 Å². The highest BCUT2D eigenvalue weighted by Gasteiger charge is 2.28. The van der Waals surface area contributed by atoms with E-state index in [0.29, 0.717) is 5.13 Å². The van der Waals surface area contributed by atoms with Gasteiger partial charge in [0.05, 0.1) is 0 Å². The Labute approximate surface area is 82.8 Å². The number of anilines is 1. The second-order valence-electron chi connectivity index (χ2n) is 1.67. The van der Waals surface area contributed by atoms with Gasteiger partial charge in [0.1, 0.15) is 0 Å². The molecule has 0 saturated heterocycles. The van der Waals surface area contributed by atoms with E-state index in [4.69, 9.17) is 34.8 Å². The van der Waals surface area contributed by atoms with Gasteiger partial charge in [-0.05, 0) is 0 Å². The molecule has 7 heteroatoms. The molecule has 1 rings (SSSR count). The van der Waals surface area contributed by atoms with Crippen molar-refractivity contribution in [1.82, 2.24) is 9.36 Å². The molecule has 11 heavy (non-hydrogen) atoms. The Morgan fingerprint density at radius 1 is 1.45 bits per heavy atom. The zero-order chi connectivity index (χ0) is 8.48. The number of rotatable bonds is 1. The average Bonchev–Trinajstić information content (AvgIpc) is 2.32. The van der Waals surface area contributed by atoms with Gasteiger partial charge < -0.3 is 5.32 Å². The first kappa shape index (κ1) is 9.32. The largest absolute Gasteiger partial charge is 0.363 e. The summed E-state index contributed by atoms with van der Waals surface area (Å²) in [6.07, 6.45) is 0. The molecule has 0 aromatic carbocycles. The SMILES string of the molecule is CNc1nc(C(Cl)(Cl)Cl)ns1. The smallest absolute Gasteiger partial charge is 0.251 e. The monoisotopic (exact) mass is 231 g/mol. The molecule has 1 heterocycles. The highest BCUT2D eigenvalue weighted by molar-refractivity contribution is 7.09.